The number of rotatable bonds is 6. The van der Waals surface area contributed by atoms with Crippen molar-refractivity contribution in [3.63, 3.8) is 0 Å². The van der Waals surface area contributed by atoms with Crippen LogP contribution in [0, 0.1) is 5.92 Å². The Morgan fingerprint density at radius 1 is 1.11 bits per heavy atom. The van der Waals surface area contributed by atoms with E-state index in [2.05, 4.69) is 5.32 Å². The predicted octanol–water partition coefficient (Wildman–Crippen LogP) is 3.32. The molecule has 4 amide bonds. The van der Waals surface area contributed by atoms with Crippen LogP contribution in [0.15, 0.2) is 54.6 Å². The largest absolute Gasteiger partial charge is 0.334 e. The van der Waals surface area contributed by atoms with Crippen molar-refractivity contribution in [1.29, 1.82) is 0 Å². The number of urea groups is 1. The zero-order valence-electron chi connectivity index (χ0n) is 20.4. The Balaban J connectivity index is 1.63. The molecule has 8 nitrogen and oxygen atoms in total. The van der Waals surface area contributed by atoms with Gasteiger partial charge in [0, 0.05) is 25.2 Å². The second-order valence-electron chi connectivity index (χ2n) is 9.27. The van der Waals surface area contributed by atoms with Crippen LogP contribution in [0.2, 0.25) is 5.02 Å². The molecular weight excluding hydrogens is 466 g/mol. The SMILES string of the molecule is CCC(C)[C@H]1C(=O)N(Cc2cccc(Cl)c2)C[C@H]2N1C(=O)CN(C)N2C(=O)NCc1ccccc1. The van der Waals surface area contributed by atoms with Gasteiger partial charge in [-0.3, -0.25) is 9.59 Å². The number of benzene rings is 2. The van der Waals surface area contributed by atoms with Crippen molar-refractivity contribution in [2.45, 2.75) is 45.6 Å². The van der Waals surface area contributed by atoms with E-state index in [0.29, 0.717) is 18.1 Å². The van der Waals surface area contributed by atoms with E-state index in [4.69, 9.17) is 11.6 Å². The van der Waals surface area contributed by atoms with E-state index in [1.165, 1.54) is 0 Å². The normalized spacial score (nSPS) is 21.7. The monoisotopic (exact) mass is 497 g/mol. The summed E-state index contributed by atoms with van der Waals surface area (Å²) in [5.74, 6) is -0.308. The molecule has 2 aliphatic heterocycles. The molecule has 0 spiro atoms. The number of carbonyl (C=O) groups is 3. The molecule has 3 atom stereocenters. The molecule has 2 heterocycles. The zero-order valence-corrected chi connectivity index (χ0v) is 21.1. The highest BCUT2D eigenvalue weighted by Gasteiger charge is 2.51. The van der Waals surface area contributed by atoms with Crippen LogP contribution in [-0.2, 0) is 22.7 Å². The highest BCUT2D eigenvalue weighted by Crippen LogP contribution is 2.31. The van der Waals surface area contributed by atoms with Gasteiger partial charge in [0.15, 0.2) is 0 Å². The summed E-state index contributed by atoms with van der Waals surface area (Å²) in [6.07, 6.45) is 0.126. The number of hydrogen-bond donors (Lipinski definition) is 1. The van der Waals surface area contributed by atoms with Gasteiger partial charge in [0.1, 0.15) is 12.2 Å². The molecule has 2 aliphatic rings. The molecule has 2 aromatic rings. The van der Waals surface area contributed by atoms with E-state index < -0.39 is 12.2 Å². The van der Waals surface area contributed by atoms with Crippen molar-refractivity contribution in [2.75, 3.05) is 20.1 Å². The fourth-order valence-electron chi connectivity index (χ4n) is 4.85. The molecule has 0 bridgehead atoms. The highest BCUT2D eigenvalue weighted by molar-refractivity contribution is 6.30. The van der Waals surface area contributed by atoms with Gasteiger partial charge in [-0.05, 0) is 29.2 Å². The Bertz CT molecular complexity index is 1080. The lowest BCUT2D eigenvalue weighted by molar-refractivity contribution is -0.190. The third-order valence-corrected chi connectivity index (χ3v) is 7.05. The van der Waals surface area contributed by atoms with Crippen LogP contribution in [0.1, 0.15) is 31.4 Å². The summed E-state index contributed by atoms with van der Waals surface area (Å²) in [4.78, 5) is 43.6. The van der Waals surface area contributed by atoms with Gasteiger partial charge in [-0.25, -0.2) is 14.8 Å². The third kappa shape index (κ3) is 5.28. The molecular formula is C26H32ClN5O3. The second-order valence-corrected chi connectivity index (χ2v) is 9.70. The first-order valence-electron chi connectivity index (χ1n) is 12.0. The number of likely N-dealkylation sites (N-methyl/N-ethyl adjacent to an activating group) is 1. The van der Waals surface area contributed by atoms with Crippen LogP contribution in [0.25, 0.3) is 0 Å². The summed E-state index contributed by atoms with van der Waals surface area (Å²) in [6.45, 7) is 4.96. The minimum absolute atomic E-state index is 0.0315. The molecule has 0 saturated carbocycles. The Morgan fingerprint density at radius 2 is 1.83 bits per heavy atom. The van der Waals surface area contributed by atoms with Crippen LogP contribution in [-0.4, -0.2) is 70.0 Å². The first kappa shape index (κ1) is 25.0. The molecule has 2 aromatic carbocycles. The number of hydrazine groups is 1. The Labute approximate surface area is 211 Å². The van der Waals surface area contributed by atoms with E-state index in [1.54, 1.807) is 32.9 Å². The Hall–Kier alpha value is -3.10. The number of hydrogen-bond acceptors (Lipinski definition) is 4. The van der Waals surface area contributed by atoms with Gasteiger partial charge in [0.05, 0.1) is 13.1 Å². The topological polar surface area (TPSA) is 76.2 Å². The average molecular weight is 498 g/mol. The van der Waals surface area contributed by atoms with E-state index >= 15 is 0 Å². The molecule has 2 saturated heterocycles. The maximum Gasteiger partial charge on any atom is 0.334 e. The molecule has 2 fully saturated rings. The first-order chi connectivity index (χ1) is 16.8. The molecule has 4 rings (SSSR count). The smallest absolute Gasteiger partial charge is 0.333 e. The number of halogens is 1. The molecule has 35 heavy (non-hydrogen) atoms. The lowest BCUT2D eigenvalue weighted by Crippen LogP contribution is -2.76. The van der Waals surface area contributed by atoms with Crippen LogP contribution in [0.3, 0.4) is 0 Å². The van der Waals surface area contributed by atoms with Crippen LogP contribution in [0.5, 0.6) is 0 Å². The summed E-state index contributed by atoms with van der Waals surface area (Å²) in [5.41, 5.74) is 1.88. The number of piperazine rings is 1. The van der Waals surface area contributed by atoms with Crippen molar-refractivity contribution in [3.8, 4) is 0 Å². The Kier molecular flexibility index (Phi) is 7.62. The lowest BCUT2D eigenvalue weighted by atomic mass is 9.92. The summed E-state index contributed by atoms with van der Waals surface area (Å²) in [6, 6.07) is 16.1. The predicted molar refractivity (Wildman–Crippen MR) is 134 cm³/mol. The first-order valence-corrected chi connectivity index (χ1v) is 12.3. The summed E-state index contributed by atoms with van der Waals surface area (Å²) >= 11 is 6.18. The Morgan fingerprint density at radius 3 is 2.51 bits per heavy atom. The lowest BCUT2D eigenvalue weighted by Gasteiger charge is -2.55. The molecule has 0 aromatic heterocycles. The second kappa shape index (κ2) is 10.7. The maximum absolute atomic E-state index is 13.7. The van der Waals surface area contributed by atoms with E-state index in [9.17, 15) is 14.4 Å². The zero-order chi connectivity index (χ0) is 25.1. The number of amides is 4. The summed E-state index contributed by atoms with van der Waals surface area (Å²) in [5, 5.41) is 6.80. The quantitative estimate of drug-likeness (QED) is 0.664. The van der Waals surface area contributed by atoms with Crippen LogP contribution >= 0.6 is 11.6 Å². The van der Waals surface area contributed by atoms with Crippen molar-refractivity contribution in [3.05, 3.63) is 70.7 Å². The number of fused-ring (bicyclic) bond motifs is 1. The van der Waals surface area contributed by atoms with Gasteiger partial charge in [-0.1, -0.05) is 74.3 Å². The van der Waals surface area contributed by atoms with Gasteiger partial charge >= 0.3 is 6.03 Å². The molecule has 0 aliphatic carbocycles. The van der Waals surface area contributed by atoms with Crippen LogP contribution in [0.4, 0.5) is 4.79 Å². The summed E-state index contributed by atoms with van der Waals surface area (Å²) in [7, 11) is 1.73. The minimum atomic E-state index is -0.636. The van der Waals surface area contributed by atoms with E-state index in [0.717, 1.165) is 17.5 Å². The van der Waals surface area contributed by atoms with Gasteiger partial charge < -0.3 is 15.1 Å². The van der Waals surface area contributed by atoms with E-state index in [1.807, 2.05) is 62.4 Å². The minimum Gasteiger partial charge on any atom is -0.333 e. The van der Waals surface area contributed by atoms with Crippen LogP contribution < -0.4 is 5.32 Å². The van der Waals surface area contributed by atoms with Gasteiger partial charge in [-0.2, -0.15) is 0 Å². The molecule has 9 heteroatoms. The average Bonchev–Trinajstić information content (AvgIpc) is 2.84. The molecule has 1 unspecified atom stereocenters. The number of carbonyl (C=O) groups excluding carboxylic acids is 3. The molecule has 1 N–H and O–H groups in total. The van der Waals surface area contributed by atoms with Crippen molar-refractivity contribution < 1.29 is 14.4 Å². The van der Waals surface area contributed by atoms with Crippen molar-refractivity contribution >= 4 is 29.4 Å². The van der Waals surface area contributed by atoms with E-state index in [-0.39, 0.29) is 36.9 Å². The van der Waals surface area contributed by atoms with Crippen molar-refractivity contribution in [1.82, 2.24) is 25.1 Å². The van der Waals surface area contributed by atoms with Crippen molar-refractivity contribution in [2.24, 2.45) is 5.92 Å². The standard InChI is InChI=1S/C26H32ClN5O3/c1-4-18(2)24-25(34)30(15-20-11-8-12-21(27)13-20)16-22-31(24)23(33)17-29(3)32(22)26(35)28-14-19-9-6-5-7-10-19/h5-13,18,22,24H,4,14-17H2,1-3H3,(H,28,35)/t18?,22-,24-/m0/s1. The maximum atomic E-state index is 13.7. The van der Waals surface area contributed by atoms with Gasteiger partial charge in [0.25, 0.3) is 0 Å². The fraction of sp³-hybridized carbons (Fsp3) is 0.423. The molecule has 0 radical (unpaired) electrons. The fourth-order valence-corrected chi connectivity index (χ4v) is 5.06. The van der Waals surface area contributed by atoms with Gasteiger partial charge in [-0.15, -0.1) is 0 Å². The number of nitrogens with zero attached hydrogens (tertiary/aromatic N) is 4. The summed E-state index contributed by atoms with van der Waals surface area (Å²) < 4.78 is 0. The number of nitrogens with one attached hydrogen (secondary N) is 1. The van der Waals surface area contributed by atoms with Gasteiger partial charge in [0.2, 0.25) is 11.8 Å². The third-order valence-electron chi connectivity index (χ3n) is 6.81. The highest BCUT2D eigenvalue weighted by atomic mass is 35.5. The molecule has 186 valence electrons.